The van der Waals surface area contributed by atoms with Crippen molar-refractivity contribution in [2.24, 2.45) is 0 Å². The molecule has 1 aliphatic carbocycles. The average Bonchev–Trinajstić information content (AvgIpc) is 2.53. The number of fused-ring (bicyclic) bond motifs is 1. The number of nitrogens with one attached hydrogen (secondary N) is 3. The van der Waals surface area contributed by atoms with E-state index in [9.17, 15) is 14.4 Å². The molecule has 0 amide bonds. The molecule has 0 saturated heterocycles. The number of hydrogen-bond donors (Lipinski definition) is 3. The third kappa shape index (κ3) is 2.62. The highest BCUT2D eigenvalue weighted by Crippen LogP contribution is 2.44. The van der Waals surface area contributed by atoms with Crippen LogP contribution in [0.15, 0.2) is 39.1 Å². The number of ketones is 1. The van der Waals surface area contributed by atoms with Crippen molar-refractivity contribution in [3.63, 3.8) is 0 Å². The average molecular weight is 378 g/mol. The molecule has 0 spiro atoms. The highest BCUT2D eigenvalue weighted by atomic mass is 35.5. The molecule has 1 aliphatic heterocycles. The third-order valence-corrected chi connectivity index (χ3v) is 5.12. The fourth-order valence-electron chi connectivity index (χ4n) is 3.54. The van der Waals surface area contributed by atoms with Crippen LogP contribution in [-0.2, 0) is 4.79 Å². The second-order valence-electron chi connectivity index (χ2n) is 6.09. The SMILES string of the molecule is O=C1CCCC2=C1[C@@H](c1ccc(Cl)cc1Cl)c1c([nH]c(=O)[nH]c1=O)N2. The van der Waals surface area contributed by atoms with E-state index in [0.717, 1.165) is 5.70 Å². The molecule has 25 heavy (non-hydrogen) atoms. The second kappa shape index (κ2) is 5.89. The molecule has 2 aliphatic rings. The lowest BCUT2D eigenvalue weighted by molar-refractivity contribution is -0.116. The van der Waals surface area contributed by atoms with Gasteiger partial charge in [0.25, 0.3) is 5.56 Å². The summed E-state index contributed by atoms with van der Waals surface area (Å²) >= 11 is 12.4. The Kier molecular flexibility index (Phi) is 3.81. The molecule has 0 unspecified atom stereocenters. The van der Waals surface area contributed by atoms with Crippen LogP contribution in [-0.4, -0.2) is 15.8 Å². The largest absolute Gasteiger partial charge is 0.344 e. The van der Waals surface area contributed by atoms with Gasteiger partial charge >= 0.3 is 5.69 Å². The molecule has 0 fully saturated rings. The lowest BCUT2D eigenvalue weighted by atomic mass is 9.76. The fourth-order valence-corrected chi connectivity index (χ4v) is 4.06. The van der Waals surface area contributed by atoms with Crippen LogP contribution >= 0.6 is 23.2 Å². The molecular weight excluding hydrogens is 365 g/mol. The molecule has 3 N–H and O–H groups in total. The molecule has 2 aromatic rings. The van der Waals surface area contributed by atoms with E-state index in [0.29, 0.717) is 46.3 Å². The first-order valence-corrected chi connectivity index (χ1v) is 8.56. The molecular formula is C17H13Cl2N3O3. The third-order valence-electron chi connectivity index (χ3n) is 4.56. The molecule has 4 rings (SSSR count). The number of halogens is 2. The first-order valence-electron chi connectivity index (χ1n) is 7.80. The van der Waals surface area contributed by atoms with E-state index in [1.165, 1.54) is 0 Å². The van der Waals surface area contributed by atoms with Gasteiger partial charge in [0.05, 0.1) is 5.56 Å². The van der Waals surface area contributed by atoms with Gasteiger partial charge in [-0.05, 0) is 30.5 Å². The number of aromatic nitrogens is 2. The van der Waals surface area contributed by atoms with Crippen LogP contribution < -0.4 is 16.6 Å². The fraction of sp³-hybridized carbons (Fsp3) is 0.235. The topological polar surface area (TPSA) is 94.8 Å². The molecule has 2 heterocycles. The monoisotopic (exact) mass is 377 g/mol. The van der Waals surface area contributed by atoms with Gasteiger partial charge in [0, 0.05) is 33.7 Å². The van der Waals surface area contributed by atoms with Gasteiger partial charge in [0.1, 0.15) is 5.82 Å². The minimum absolute atomic E-state index is 0.0268. The maximum absolute atomic E-state index is 12.6. The van der Waals surface area contributed by atoms with Gasteiger partial charge in [-0.2, -0.15) is 0 Å². The van der Waals surface area contributed by atoms with Gasteiger partial charge in [-0.3, -0.25) is 19.6 Å². The van der Waals surface area contributed by atoms with Crippen LogP contribution in [0.1, 0.15) is 36.3 Å². The summed E-state index contributed by atoms with van der Waals surface area (Å²) < 4.78 is 0. The smallest absolute Gasteiger partial charge is 0.327 e. The molecule has 0 bridgehead atoms. The van der Waals surface area contributed by atoms with Gasteiger partial charge < -0.3 is 5.32 Å². The van der Waals surface area contributed by atoms with Crippen molar-refractivity contribution in [1.29, 1.82) is 0 Å². The van der Waals surface area contributed by atoms with Crippen LogP contribution in [0.4, 0.5) is 5.82 Å². The van der Waals surface area contributed by atoms with Gasteiger partial charge in [-0.15, -0.1) is 0 Å². The number of benzene rings is 1. The molecule has 128 valence electrons. The summed E-state index contributed by atoms with van der Waals surface area (Å²) in [6.45, 7) is 0. The van der Waals surface area contributed by atoms with Crippen LogP contribution in [0.5, 0.6) is 0 Å². The minimum atomic E-state index is -0.649. The molecule has 1 aromatic carbocycles. The van der Waals surface area contributed by atoms with Crippen LogP contribution in [0.25, 0.3) is 0 Å². The van der Waals surface area contributed by atoms with E-state index in [1.807, 2.05) is 0 Å². The Bertz CT molecular complexity index is 1050. The summed E-state index contributed by atoms with van der Waals surface area (Å²) in [4.78, 5) is 41.6. The van der Waals surface area contributed by atoms with E-state index in [1.54, 1.807) is 18.2 Å². The zero-order valence-corrected chi connectivity index (χ0v) is 14.4. The second-order valence-corrected chi connectivity index (χ2v) is 6.93. The van der Waals surface area contributed by atoms with Crippen molar-refractivity contribution in [3.05, 3.63) is 71.5 Å². The number of carbonyl (C=O) groups excluding carboxylic acids is 1. The number of H-pyrrole nitrogens is 2. The van der Waals surface area contributed by atoms with E-state index in [4.69, 9.17) is 23.2 Å². The molecule has 1 aromatic heterocycles. The van der Waals surface area contributed by atoms with E-state index in [-0.39, 0.29) is 11.3 Å². The van der Waals surface area contributed by atoms with Gasteiger partial charge in [-0.25, -0.2) is 4.79 Å². The lowest BCUT2D eigenvalue weighted by Crippen LogP contribution is -2.36. The maximum Gasteiger partial charge on any atom is 0.327 e. The summed E-state index contributed by atoms with van der Waals surface area (Å²) in [5.41, 5.74) is 0.976. The van der Waals surface area contributed by atoms with Crippen molar-refractivity contribution >= 4 is 34.8 Å². The standard InChI is InChI=1S/C17H13Cl2N3O3/c18-7-4-5-8(9(19)6-7)12-13-10(2-1-3-11(13)23)20-15-14(12)16(24)22-17(25)21-15/h4-6,12H,1-3H2,(H3,20,21,22,24,25)/t12-/m1/s1. The Morgan fingerprint density at radius 2 is 1.84 bits per heavy atom. The number of carbonyl (C=O) groups is 1. The predicted molar refractivity (Wildman–Crippen MR) is 95.5 cm³/mol. The molecule has 8 heteroatoms. The van der Waals surface area contributed by atoms with Crippen LogP contribution in [0.3, 0.4) is 0 Å². The molecule has 0 radical (unpaired) electrons. The van der Waals surface area contributed by atoms with Crippen LogP contribution in [0, 0.1) is 0 Å². The number of rotatable bonds is 1. The minimum Gasteiger partial charge on any atom is -0.344 e. The maximum atomic E-state index is 12.6. The zero-order valence-electron chi connectivity index (χ0n) is 12.9. The summed E-state index contributed by atoms with van der Waals surface area (Å²) in [5.74, 6) is -0.372. The number of hydrogen-bond acceptors (Lipinski definition) is 4. The quantitative estimate of drug-likeness (QED) is 0.711. The van der Waals surface area contributed by atoms with Gasteiger partial charge in [0.2, 0.25) is 0 Å². The number of Topliss-reactive ketones (excluding diaryl/α,β-unsaturated/α-hetero) is 1. The Morgan fingerprint density at radius 3 is 2.60 bits per heavy atom. The van der Waals surface area contributed by atoms with E-state index in [2.05, 4.69) is 15.3 Å². The van der Waals surface area contributed by atoms with Crippen molar-refractivity contribution < 1.29 is 4.79 Å². The highest BCUT2D eigenvalue weighted by Gasteiger charge is 2.38. The lowest BCUT2D eigenvalue weighted by Gasteiger charge is -2.33. The van der Waals surface area contributed by atoms with Crippen molar-refractivity contribution in [3.8, 4) is 0 Å². The van der Waals surface area contributed by atoms with Gasteiger partial charge in [0.15, 0.2) is 5.78 Å². The highest BCUT2D eigenvalue weighted by molar-refractivity contribution is 6.35. The Morgan fingerprint density at radius 1 is 1.04 bits per heavy atom. The van der Waals surface area contributed by atoms with E-state index >= 15 is 0 Å². The number of aromatic amines is 2. The van der Waals surface area contributed by atoms with E-state index < -0.39 is 17.2 Å². The van der Waals surface area contributed by atoms with Crippen molar-refractivity contribution in [2.45, 2.75) is 25.2 Å². The Labute approximate surface area is 151 Å². The summed E-state index contributed by atoms with van der Waals surface area (Å²) in [5, 5.41) is 3.88. The first-order chi connectivity index (χ1) is 12.0. The summed E-state index contributed by atoms with van der Waals surface area (Å²) in [7, 11) is 0. The predicted octanol–water partition coefficient (Wildman–Crippen LogP) is 2.93. The summed E-state index contributed by atoms with van der Waals surface area (Å²) in [6, 6.07) is 4.95. The van der Waals surface area contributed by atoms with Crippen molar-refractivity contribution in [1.82, 2.24) is 9.97 Å². The first kappa shape index (κ1) is 16.2. The molecule has 0 saturated carbocycles. The zero-order chi connectivity index (χ0) is 17.7. The number of allylic oxidation sites excluding steroid dienone is 2. The van der Waals surface area contributed by atoms with Gasteiger partial charge in [-0.1, -0.05) is 29.3 Å². The Hall–Kier alpha value is -2.31. The van der Waals surface area contributed by atoms with Crippen molar-refractivity contribution in [2.75, 3.05) is 5.32 Å². The van der Waals surface area contributed by atoms with Crippen LogP contribution in [0.2, 0.25) is 10.0 Å². The Balaban J connectivity index is 2.05. The summed E-state index contributed by atoms with van der Waals surface area (Å²) in [6.07, 6.45) is 1.80. The molecule has 1 atom stereocenters. The molecule has 6 nitrogen and oxygen atoms in total. The normalized spacial score (nSPS) is 19.3. The number of anilines is 1.